The molecule has 20 heavy (non-hydrogen) atoms. The summed E-state index contributed by atoms with van der Waals surface area (Å²) in [5.74, 6) is -0.346. The molecule has 0 saturated carbocycles. The van der Waals surface area contributed by atoms with Crippen molar-refractivity contribution < 1.29 is 19.1 Å². The summed E-state index contributed by atoms with van der Waals surface area (Å²) in [6, 6.07) is 0. The van der Waals surface area contributed by atoms with Gasteiger partial charge in [-0.2, -0.15) is 0 Å². The van der Waals surface area contributed by atoms with Crippen LogP contribution in [0, 0.1) is 0 Å². The van der Waals surface area contributed by atoms with Crippen molar-refractivity contribution >= 4 is 11.9 Å². The highest BCUT2D eigenvalue weighted by Gasteiger charge is 2.11. The van der Waals surface area contributed by atoms with Gasteiger partial charge in [-0.05, 0) is 32.1 Å². The van der Waals surface area contributed by atoms with Gasteiger partial charge in [-0.25, -0.2) is 0 Å². The molecule has 4 heteroatoms. The van der Waals surface area contributed by atoms with Gasteiger partial charge in [0.05, 0.1) is 7.11 Å². The second kappa shape index (κ2) is 12.9. The minimum Gasteiger partial charge on any atom is -0.469 e. The predicted molar refractivity (Wildman–Crippen MR) is 79.4 cm³/mol. The summed E-state index contributed by atoms with van der Waals surface area (Å²) in [6.07, 6.45) is 9.96. The first kappa shape index (κ1) is 18.9. The molecule has 118 valence electrons. The Morgan fingerprint density at radius 2 is 1.55 bits per heavy atom. The third kappa shape index (κ3) is 12.0. The molecule has 1 atom stereocenters. The fraction of sp³-hybridized carbons (Fsp3) is 0.875. The predicted octanol–water partition coefficient (Wildman–Crippen LogP) is 4.01. The van der Waals surface area contributed by atoms with Gasteiger partial charge in [-0.1, -0.05) is 32.6 Å². The molecular weight excluding hydrogens is 256 g/mol. The molecule has 0 aromatic rings. The summed E-state index contributed by atoms with van der Waals surface area (Å²) in [5.41, 5.74) is 0. The van der Waals surface area contributed by atoms with E-state index in [1.165, 1.54) is 33.3 Å². The number of carbonyl (C=O) groups excluding carboxylic acids is 2. The minimum absolute atomic E-state index is 0.0440. The van der Waals surface area contributed by atoms with Crippen LogP contribution >= 0.6 is 0 Å². The van der Waals surface area contributed by atoms with E-state index in [9.17, 15) is 9.59 Å². The van der Waals surface area contributed by atoms with Gasteiger partial charge in [0.25, 0.3) is 0 Å². The topological polar surface area (TPSA) is 52.6 Å². The van der Waals surface area contributed by atoms with E-state index in [1.807, 2.05) is 0 Å². The third-order valence-corrected chi connectivity index (χ3v) is 3.35. The van der Waals surface area contributed by atoms with E-state index in [-0.39, 0.29) is 18.0 Å². The third-order valence-electron chi connectivity index (χ3n) is 3.35. The van der Waals surface area contributed by atoms with Crippen molar-refractivity contribution in [2.45, 2.75) is 84.2 Å². The van der Waals surface area contributed by atoms with Crippen molar-refractivity contribution in [2.24, 2.45) is 0 Å². The molecular formula is C16H30O4. The maximum absolute atomic E-state index is 11.1. The zero-order valence-corrected chi connectivity index (χ0v) is 13.3. The first-order valence-corrected chi connectivity index (χ1v) is 7.84. The number of hydrogen-bond acceptors (Lipinski definition) is 4. The Hall–Kier alpha value is -1.06. The molecule has 0 aromatic heterocycles. The van der Waals surface area contributed by atoms with Crippen LogP contribution in [0.25, 0.3) is 0 Å². The van der Waals surface area contributed by atoms with Crippen LogP contribution in [0.4, 0.5) is 0 Å². The number of ether oxygens (including phenoxy) is 2. The average Bonchev–Trinajstić information content (AvgIpc) is 2.41. The molecule has 1 unspecified atom stereocenters. The van der Waals surface area contributed by atoms with Gasteiger partial charge < -0.3 is 9.47 Å². The van der Waals surface area contributed by atoms with Gasteiger partial charge in [0.2, 0.25) is 0 Å². The van der Waals surface area contributed by atoms with Gasteiger partial charge in [0.1, 0.15) is 6.10 Å². The maximum Gasteiger partial charge on any atom is 0.305 e. The highest BCUT2D eigenvalue weighted by molar-refractivity contribution is 5.69. The van der Waals surface area contributed by atoms with Crippen molar-refractivity contribution in [1.29, 1.82) is 0 Å². The Kier molecular flexibility index (Phi) is 12.3. The van der Waals surface area contributed by atoms with Crippen LogP contribution in [0.5, 0.6) is 0 Å². The Bertz CT molecular complexity index is 263. The highest BCUT2D eigenvalue weighted by Crippen LogP contribution is 2.15. The van der Waals surface area contributed by atoms with E-state index in [2.05, 4.69) is 11.7 Å². The molecule has 0 aromatic carbocycles. The molecule has 0 aliphatic heterocycles. The van der Waals surface area contributed by atoms with Crippen LogP contribution in [0.2, 0.25) is 0 Å². The standard InChI is InChI=1S/C16H30O4/c1-4-5-6-8-11-15(20-14(2)17)12-9-7-10-13-16(18)19-3/h15H,4-13H2,1-3H3. The molecule has 0 spiro atoms. The van der Waals surface area contributed by atoms with Crippen molar-refractivity contribution in [3.63, 3.8) is 0 Å². The van der Waals surface area contributed by atoms with Crippen molar-refractivity contribution in [3.8, 4) is 0 Å². The monoisotopic (exact) mass is 286 g/mol. The van der Waals surface area contributed by atoms with Crippen LogP contribution in [-0.4, -0.2) is 25.2 Å². The zero-order valence-electron chi connectivity index (χ0n) is 13.3. The van der Waals surface area contributed by atoms with E-state index < -0.39 is 0 Å². The first-order valence-electron chi connectivity index (χ1n) is 7.84. The smallest absolute Gasteiger partial charge is 0.305 e. The summed E-state index contributed by atoms with van der Waals surface area (Å²) in [6.45, 7) is 3.65. The lowest BCUT2D eigenvalue weighted by Gasteiger charge is -2.16. The van der Waals surface area contributed by atoms with E-state index in [0.29, 0.717) is 6.42 Å². The number of esters is 2. The van der Waals surface area contributed by atoms with E-state index in [0.717, 1.165) is 38.5 Å². The Morgan fingerprint density at radius 3 is 2.05 bits per heavy atom. The van der Waals surface area contributed by atoms with Crippen molar-refractivity contribution in [2.75, 3.05) is 7.11 Å². The number of carbonyl (C=O) groups is 2. The molecule has 0 fully saturated rings. The summed E-state index contributed by atoms with van der Waals surface area (Å²) >= 11 is 0. The van der Waals surface area contributed by atoms with Crippen LogP contribution in [0.3, 0.4) is 0 Å². The Morgan fingerprint density at radius 1 is 0.950 bits per heavy atom. The molecule has 0 bridgehead atoms. The van der Waals surface area contributed by atoms with Crippen LogP contribution in [-0.2, 0) is 19.1 Å². The molecule has 0 aliphatic rings. The number of methoxy groups -OCH3 is 1. The van der Waals surface area contributed by atoms with Crippen LogP contribution in [0.15, 0.2) is 0 Å². The molecule has 0 rings (SSSR count). The summed E-state index contributed by atoms with van der Waals surface area (Å²) in [7, 11) is 1.41. The summed E-state index contributed by atoms with van der Waals surface area (Å²) in [5, 5.41) is 0. The van der Waals surface area contributed by atoms with E-state index in [4.69, 9.17) is 4.74 Å². The molecule has 4 nitrogen and oxygen atoms in total. The SMILES string of the molecule is CCCCCCC(CCCCCC(=O)OC)OC(C)=O. The first-order chi connectivity index (χ1) is 9.60. The zero-order chi connectivity index (χ0) is 15.2. The fourth-order valence-electron chi connectivity index (χ4n) is 2.22. The highest BCUT2D eigenvalue weighted by atomic mass is 16.5. The van der Waals surface area contributed by atoms with Gasteiger partial charge in [-0.3, -0.25) is 9.59 Å². The largest absolute Gasteiger partial charge is 0.469 e. The lowest BCUT2D eigenvalue weighted by molar-refractivity contribution is -0.147. The quantitative estimate of drug-likeness (QED) is 0.402. The van der Waals surface area contributed by atoms with Crippen molar-refractivity contribution in [1.82, 2.24) is 0 Å². The summed E-state index contributed by atoms with van der Waals surface area (Å²) in [4.78, 5) is 22.0. The minimum atomic E-state index is -0.194. The fourth-order valence-corrected chi connectivity index (χ4v) is 2.22. The number of hydrogen-bond donors (Lipinski definition) is 0. The normalized spacial score (nSPS) is 11.9. The lowest BCUT2D eigenvalue weighted by atomic mass is 10.0. The van der Waals surface area contributed by atoms with E-state index in [1.54, 1.807) is 0 Å². The van der Waals surface area contributed by atoms with E-state index >= 15 is 0 Å². The second-order valence-electron chi connectivity index (χ2n) is 5.26. The summed E-state index contributed by atoms with van der Waals surface area (Å²) < 4.78 is 9.95. The molecule has 0 heterocycles. The van der Waals surface area contributed by atoms with Gasteiger partial charge in [0.15, 0.2) is 0 Å². The van der Waals surface area contributed by atoms with Crippen LogP contribution in [0.1, 0.15) is 78.1 Å². The molecule has 0 N–H and O–H groups in total. The second-order valence-corrected chi connectivity index (χ2v) is 5.26. The number of rotatable bonds is 12. The van der Waals surface area contributed by atoms with Crippen molar-refractivity contribution in [3.05, 3.63) is 0 Å². The molecule has 0 aliphatic carbocycles. The average molecular weight is 286 g/mol. The molecule has 0 amide bonds. The Balaban J connectivity index is 3.74. The van der Waals surface area contributed by atoms with Crippen LogP contribution < -0.4 is 0 Å². The van der Waals surface area contributed by atoms with Gasteiger partial charge >= 0.3 is 11.9 Å². The molecule has 0 radical (unpaired) electrons. The molecule has 0 saturated heterocycles. The maximum atomic E-state index is 11.1. The Labute approximate surface area is 123 Å². The number of unbranched alkanes of at least 4 members (excludes halogenated alkanes) is 5. The van der Waals surface area contributed by atoms with Gasteiger partial charge in [-0.15, -0.1) is 0 Å². The lowest BCUT2D eigenvalue weighted by Crippen LogP contribution is -2.16. The van der Waals surface area contributed by atoms with Gasteiger partial charge in [0, 0.05) is 13.3 Å².